The number of aliphatic hydroxyl groups excluding tert-OH is 1. The lowest BCUT2D eigenvalue weighted by molar-refractivity contribution is 0.0668. The van der Waals surface area contributed by atoms with Gasteiger partial charge in [0.15, 0.2) is 5.75 Å². The van der Waals surface area contributed by atoms with Gasteiger partial charge in [-0.1, -0.05) is 36.4 Å². The van der Waals surface area contributed by atoms with Crippen LogP contribution in [0.25, 0.3) is 10.9 Å². The summed E-state index contributed by atoms with van der Waals surface area (Å²) in [4.78, 5) is 9.07. The highest BCUT2D eigenvalue weighted by molar-refractivity contribution is 5.84. The Morgan fingerprint density at radius 2 is 1.71 bits per heavy atom. The van der Waals surface area contributed by atoms with Crippen molar-refractivity contribution in [2.24, 2.45) is 0 Å². The second-order valence-electron chi connectivity index (χ2n) is 9.23. The zero-order valence-electron chi connectivity index (χ0n) is 19.6. The van der Waals surface area contributed by atoms with E-state index in [9.17, 15) is 5.11 Å². The maximum absolute atomic E-state index is 10.7. The first-order valence-corrected chi connectivity index (χ1v) is 12.2. The molecule has 4 aromatic rings. The topological polar surface area (TPSA) is 58.1 Å². The maximum Gasteiger partial charge on any atom is 0.154 e. The Hall–Kier alpha value is -3.61. The first kappa shape index (κ1) is 21.9. The van der Waals surface area contributed by atoms with Gasteiger partial charge in [0.05, 0.1) is 11.2 Å². The van der Waals surface area contributed by atoms with Gasteiger partial charge in [0.1, 0.15) is 24.2 Å². The van der Waals surface area contributed by atoms with E-state index in [2.05, 4.69) is 45.1 Å². The number of nitrogens with zero attached hydrogens (tertiary/aromatic N) is 3. The summed E-state index contributed by atoms with van der Waals surface area (Å²) < 4.78 is 12.3. The van der Waals surface area contributed by atoms with Crippen LogP contribution in [0.5, 0.6) is 17.2 Å². The van der Waals surface area contributed by atoms with E-state index < -0.39 is 6.10 Å². The van der Waals surface area contributed by atoms with Gasteiger partial charge >= 0.3 is 0 Å². The highest BCUT2D eigenvalue weighted by Gasteiger charge is 2.25. The standard InChI is InChI=1S/C29H29N3O3/c33-23(20-34-28-12-4-9-25-24(28)8-5-13-30-25)19-31-14-16-32(17-15-31)26-10-3-7-22-18-21-6-1-2-11-27(21)35-29(22)26/h1-13,23,33H,14-20H2. The zero-order chi connectivity index (χ0) is 23.6. The minimum absolute atomic E-state index is 0.258. The van der Waals surface area contributed by atoms with Crippen LogP contribution in [0.3, 0.4) is 0 Å². The van der Waals surface area contributed by atoms with E-state index in [-0.39, 0.29) is 6.61 Å². The Labute approximate surface area is 205 Å². The summed E-state index contributed by atoms with van der Waals surface area (Å²) in [7, 11) is 0. The number of rotatable bonds is 6. The number of hydrogen-bond donors (Lipinski definition) is 1. The molecule has 2 aliphatic rings. The van der Waals surface area contributed by atoms with E-state index >= 15 is 0 Å². The van der Waals surface area contributed by atoms with Crippen LogP contribution in [-0.4, -0.2) is 60.4 Å². The average molecular weight is 468 g/mol. The predicted octanol–water partition coefficient (Wildman–Crippen LogP) is 4.49. The largest absolute Gasteiger partial charge is 0.490 e. The molecule has 0 saturated carbocycles. The lowest BCUT2D eigenvalue weighted by Gasteiger charge is -2.38. The molecule has 1 atom stereocenters. The van der Waals surface area contributed by atoms with Crippen LogP contribution < -0.4 is 14.4 Å². The monoisotopic (exact) mass is 467 g/mol. The Morgan fingerprint density at radius 1 is 0.886 bits per heavy atom. The molecule has 2 aliphatic heterocycles. The minimum Gasteiger partial charge on any atom is -0.490 e. The van der Waals surface area contributed by atoms with Crippen molar-refractivity contribution in [2.45, 2.75) is 12.5 Å². The molecule has 0 spiro atoms. The molecule has 0 aliphatic carbocycles. The summed E-state index contributed by atoms with van der Waals surface area (Å²) in [5, 5.41) is 11.6. The summed E-state index contributed by atoms with van der Waals surface area (Å²) >= 11 is 0. The summed E-state index contributed by atoms with van der Waals surface area (Å²) in [6.07, 6.45) is 2.12. The molecule has 3 aromatic carbocycles. The van der Waals surface area contributed by atoms with Crippen LogP contribution in [0, 0.1) is 0 Å². The highest BCUT2D eigenvalue weighted by Crippen LogP contribution is 2.42. The van der Waals surface area contributed by atoms with Crippen molar-refractivity contribution in [1.82, 2.24) is 9.88 Å². The Balaban J connectivity index is 1.05. The van der Waals surface area contributed by atoms with Gasteiger partial charge in [0.25, 0.3) is 0 Å². The van der Waals surface area contributed by atoms with E-state index in [1.54, 1.807) is 6.20 Å². The lowest BCUT2D eigenvalue weighted by Crippen LogP contribution is -2.49. The van der Waals surface area contributed by atoms with Crippen molar-refractivity contribution in [3.63, 3.8) is 0 Å². The Morgan fingerprint density at radius 3 is 2.63 bits per heavy atom. The van der Waals surface area contributed by atoms with E-state index in [1.165, 1.54) is 11.1 Å². The molecule has 1 saturated heterocycles. The summed E-state index contributed by atoms with van der Waals surface area (Å²) in [6, 6.07) is 24.4. The third-order valence-electron chi connectivity index (χ3n) is 6.86. The lowest BCUT2D eigenvalue weighted by atomic mass is 9.99. The summed E-state index contributed by atoms with van der Waals surface area (Å²) in [6.45, 7) is 4.40. The van der Waals surface area contributed by atoms with Crippen LogP contribution in [-0.2, 0) is 6.42 Å². The van der Waals surface area contributed by atoms with Gasteiger partial charge in [0, 0.05) is 56.3 Å². The fourth-order valence-corrected chi connectivity index (χ4v) is 5.05. The number of ether oxygens (including phenoxy) is 2. The quantitative estimate of drug-likeness (QED) is 0.397. The first-order valence-electron chi connectivity index (χ1n) is 12.2. The molecule has 1 aromatic heterocycles. The van der Waals surface area contributed by atoms with Crippen molar-refractivity contribution in [3.8, 4) is 17.2 Å². The minimum atomic E-state index is -0.558. The average Bonchev–Trinajstić information content (AvgIpc) is 2.91. The van der Waals surface area contributed by atoms with Crippen molar-refractivity contribution in [3.05, 3.63) is 90.1 Å². The number of para-hydroxylation sites is 2. The molecule has 0 radical (unpaired) electrons. The zero-order valence-corrected chi connectivity index (χ0v) is 19.6. The van der Waals surface area contributed by atoms with Crippen LogP contribution in [0.2, 0.25) is 0 Å². The molecule has 6 heteroatoms. The van der Waals surface area contributed by atoms with Gasteiger partial charge in [-0.15, -0.1) is 0 Å². The first-order chi connectivity index (χ1) is 17.2. The SMILES string of the molecule is OC(COc1cccc2ncccc12)CN1CCN(c2cccc3c2Oc2ccccc2C3)CC1. The fraction of sp³-hybridized carbons (Fsp3) is 0.276. The summed E-state index contributed by atoms with van der Waals surface area (Å²) in [5.41, 5.74) is 4.52. The van der Waals surface area contributed by atoms with Crippen molar-refractivity contribution < 1.29 is 14.6 Å². The second kappa shape index (κ2) is 9.56. The molecular weight excluding hydrogens is 438 g/mol. The molecule has 0 amide bonds. The number of aliphatic hydroxyl groups is 1. The van der Waals surface area contributed by atoms with Gasteiger partial charge in [0.2, 0.25) is 0 Å². The number of benzene rings is 3. The van der Waals surface area contributed by atoms with Crippen molar-refractivity contribution in [1.29, 1.82) is 0 Å². The van der Waals surface area contributed by atoms with Gasteiger partial charge in [-0.3, -0.25) is 9.88 Å². The number of hydrogen-bond acceptors (Lipinski definition) is 6. The maximum atomic E-state index is 10.7. The van der Waals surface area contributed by atoms with E-state index in [4.69, 9.17) is 9.47 Å². The van der Waals surface area contributed by atoms with Gasteiger partial charge in [-0.25, -0.2) is 0 Å². The number of aromatic nitrogens is 1. The molecule has 3 heterocycles. The van der Waals surface area contributed by atoms with Crippen LogP contribution in [0.1, 0.15) is 11.1 Å². The summed E-state index contributed by atoms with van der Waals surface area (Å²) in [5.74, 6) is 2.70. The van der Waals surface area contributed by atoms with Crippen molar-refractivity contribution >= 4 is 16.6 Å². The van der Waals surface area contributed by atoms with Gasteiger partial charge in [-0.2, -0.15) is 0 Å². The molecular formula is C29H29N3O3. The molecule has 0 bridgehead atoms. The normalized spacial score (nSPS) is 16.3. The molecule has 1 unspecified atom stereocenters. The van der Waals surface area contributed by atoms with E-state index in [0.29, 0.717) is 6.54 Å². The van der Waals surface area contributed by atoms with Gasteiger partial charge in [-0.05, 0) is 42.0 Å². The Bertz CT molecular complexity index is 1330. The smallest absolute Gasteiger partial charge is 0.154 e. The van der Waals surface area contributed by atoms with E-state index in [0.717, 1.165) is 66.4 Å². The molecule has 1 fully saturated rings. The van der Waals surface area contributed by atoms with Crippen LogP contribution >= 0.6 is 0 Å². The number of pyridine rings is 1. The van der Waals surface area contributed by atoms with Crippen LogP contribution in [0.15, 0.2) is 79.0 Å². The van der Waals surface area contributed by atoms with Crippen LogP contribution in [0.4, 0.5) is 5.69 Å². The molecule has 178 valence electrons. The molecule has 6 rings (SSSR count). The highest BCUT2D eigenvalue weighted by atomic mass is 16.5. The number of β-amino-alcohol motifs (C(OH)–C–C–N with tert-alkyl or cyclic N) is 1. The van der Waals surface area contributed by atoms with Crippen molar-refractivity contribution in [2.75, 3.05) is 44.2 Å². The molecule has 35 heavy (non-hydrogen) atoms. The number of anilines is 1. The van der Waals surface area contributed by atoms with E-state index in [1.807, 2.05) is 42.5 Å². The third-order valence-corrected chi connectivity index (χ3v) is 6.86. The van der Waals surface area contributed by atoms with Gasteiger partial charge < -0.3 is 19.5 Å². The second-order valence-corrected chi connectivity index (χ2v) is 9.23. The fourth-order valence-electron chi connectivity index (χ4n) is 5.05. The predicted molar refractivity (Wildman–Crippen MR) is 138 cm³/mol. The number of piperazine rings is 1. The third kappa shape index (κ3) is 4.55. The molecule has 1 N–H and O–H groups in total. The number of fused-ring (bicyclic) bond motifs is 3. The molecule has 6 nitrogen and oxygen atoms in total. The Kier molecular flexibility index (Phi) is 5.98.